The first-order valence-electron chi connectivity index (χ1n) is 7.18. The summed E-state index contributed by atoms with van der Waals surface area (Å²) in [6.45, 7) is 11.4. The van der Waals surface area contributed by atoms with Gasteiger partial charge in [0.1, 0.15) is 11.8 Å². The van der Waals surface area contributed by atoms with Crippen molar-refractivity contribution in [2.24, 2.45) is 0 Å². The van der Waals surface area contributed by atoms with E-state index >= 15 is 0 Å². The van der Waals surface area contributed by atoms with Crippen LogP contribution in [0.5, 0.6) is 0 Å². The van der Waals surface area contributed by atoms with E-state index in [1.54, 1.807) is 0 Å². The summed E-state index contributed by atoms with van der Waals surface area (Å²) in [5.74, 6) is 0.159. The number of rotatable bonds is 3. The van der Waals surface area contributed by atoms with Crippen LogP contribution in [0.1, 0.15) is 39.5 Å². The van der Waals surface area contributed by atoms with E-state index in [4.69, 9.17) is 12.7 Å². The average molecular weight is 307 g/mol. The molecule has 0 fully saturated rings. The fourth-order valence-electron chi connectivity index (χ4n) is 2.30. The van der Waals surface area contributed by atoms with Crippen molar-refractivity contribution in [1.29, 1.82) is 5.26 Å². The molecule has 0 aliphatic rings. The third kappa shape index (κ3) is 2.72. The Morgan fingerprint density at radius 1 is 1.00 bits per heavy atom. The van der Waals surface area contributed by atoms with Crippen molar-refractivity contribution in [2.75, 3.05) is 0 Å². The smallest absolute Gasteiger partial charge is 0.374 e. The lowest BCUT2D eigenvalue weighted by molar-refractivity contribution is 0.562. The van der Waals surface area contributed by atoms with Crippen molar-refractivity contribution in [2.45, 2.75) is 41.5 Å². The van der Waals surface area contributed by atoms with Crippen LogP contribution in [0.2, 0.25) is 0 Å². The molecular formula is C16H18BN5O. The zero-order valence-electron chi connectivity index (χ0n) is 14.2. The predicted molar refractivity (Wildman–Crippen MR) is 88.2 cm³/mol. The fraction of sp³-hybridized carbons (Fsp3) is 0.375. The zero-order chi connectivity index (χ0) is 17.3. The molecule has 0 bridgehead atoms. The zero-order valence-corrected chi connectivity index (χ0v) is 14.2. The lowest BCUT2D eigenvalue weighted by Gasteiger charge is -2.14. The molecule has 2 rings (SSSR count). The molecule has 7 heteroatoms. The SMILES string of the molecule is [B]OC(=C(C#N)n1nc(C)c(C)c1C)c1nnc(C)c(C)c1C. The van der Waals surface area contributed by atoms with E-state index in [-0.39, 0.29) is 11.5 Å². The standard InChI is InChI=1S/C16H18BN5O/c1-8-9(2)15(20-19-11(8)4)16(23-17)14(7-18)22-13(6)10(3)12(5)21-22/h1-6H3. The molecule has 0 aliphatic carbocycles. The number of aromatic nitrogens is 4. The molecule has 0 aliphatic heterocycles. The van der Waals surface area contributed by atoms with Crippen LogP contribution in [0, 0.1) is 52.9 Å². The summed E-state index contributed by atoms with van der Waals surface area (Å²) in [7, 11) is 5.45. The van der Waals surface area contributed by atoms with Gasteiger partial charge in [-0.15, -0.1) is 5.10 Å². The van der Waals surface area contributed by atoms with Gasteiger partial charge >= 0.3 is 8.05 Å². The molecule has 23 heavy (non-hydrogen) atoms. The molecule has 2 aromatic heterocycles. The van der Waals surface area contributed by atoms with Crippen molar-refractivity contribution in [3.63, 3.8) is 0 Å². The monoisotopic (exact) mass is 307 g/mol. The van der Waals surface area contributed by atoms with Crippen molar-refractivity contribution in [3.8, 4) is 6.07 Å². The number of aryl methyl sites for hydroxylation is 2. The maximum absolute atomic E-state index is 9.63. The highest BCUT2D eigenvalue weighted by molar-refractivity contribution is 6.04. The molecule has 2 aromatic rings. The van der Waals surface area contributed by atoms with Gasteiger partial charge in [0.15, 0.2) is 11.5 Å². The van der Waals surface area contributed by atoms with Gasteiger partial charge in [-0.25, -0.2) is 4.68 Å². The van der Waals surface area contributed by atoms with Crippen molar-refractivity contribution >= 4 is 19.5 Å². The van der Waals surface area contributed by atoms with Crippen molar-refractivity contribution in [3.05, 3.63) is 39.5 Å². The second kappa shape index (κ2) is 6.25. The average Bonchev–Trinajstić information content (AvgIpc) is 2.79. The molecule has 0 amide bonds. The van der Waals surface area contributed by atoms with Gasteiger partial charge in [0.25, 0.3) is 0 Å². The van der Waals surface area contributed by atoms with Gasteiger partial charge in [-0.1, -0.05) is 0 Å². The minimum atomic E-state index is 0.159. The lowest BCUT2D eigenvalue weighted by atomic mass is 10.1. The quantitative estimate of drug-likeness (QED) is 0.494. The summed E-state index contributed by atoms with van der Waals surface area (Å²) in [5.41, 5.74) is 5.99. The van der Waals surface area contributed by atoms with Gasteiger partial charge in [0.05, 0.1) is 11.4 Å². The highest BCUT2D eigenvalue weighted by Gasteiger charge is 2.21. The normalized spacial score (nSPS) is 11.9. The predicted octanol–water partition coefficient (Wildman–Crippen LogP) is 2.47. The molecular weight excluding hydrogens is 289 g/mol. The molecule has 2 heterocycles. The van der Waals surface area contributed by atoms with Gasteiger partial charge in [-0.3, -0.25) is 0 Å². The molecule has 0 spiro atoms. The third-order valence-electron chi connectivity index (χ3n) is 4.28. The minimum absolute atomic E-state index is 0.159. The molecule has 116 valence electrons. The summed E-state index contributed by atoms with van der Waals surface area (Å²) in [6.07, 6.45) is 0. The number of hydrogen-bond acceptors (Lipinski definition) is 5. The Morgan fingerprint density at radius 3 is 2.13 bits per heavy atom. The van der Waals surface area contributed by atoms with E-state index in [9.17, 15) is 5.26 Å². The van der Waals surface area contributed by atoms with Crippen LogP contribution in [0.3, 0.4) is 0 Å². The van der Waals surface area contributed by atoms with Crippen LogP contribution in [0.15, 0.2) is 0 Å². The van der Waals surface area contributed by atoms with E-state index in [0.717, 1.165) is 33.8 Å². The van der Waals surface area contributed by atoms with Crippen LogP contribution < -0.4 is 0 Å². The fourth-order valence-corrected chi connectivity index (χ4v) is 2.30. The summed E-state index contributed by atoms with van der Waals surface area (Å²) in [6, 6.07) is 2.12. The Bertz CT molecular complexity index is 845. The highest BCUT2D eigenvalue weighted by Crippen LogP contribution is 2.27. The van der Waals surface area contributed by atoms with Gasteiger partial charge in [0.2, 0.25) is 0 Å². The largest absolute Gasteiger partial charge is 0.564 e. The molecule has 0 unspecified atom stereocenters. The van der Waals surface area contributed by atoms with Gasteiger partial charge in [0, 0.05) is 5.69 Å². The lowest BCUT2D eigenvalue weighted by Crippen LogP contribution is -2.09. The first kappa shape index (κ1) is 16.8. The Hall–Kier alpha value is -2.62. The number of allylic oxidation sites excluding steroid dienone is 1. The molecule has 0 atom stereocenters. The molecule has 0 saturated heterocycles. The summed E-state index contributed by atoms with van der Waals surface area (Å²) >= 11 is 0. The van der Waals surface area contributed by atoms with E-state index in [1.165, 1.54) is 4.68 Å². The second-order valence-electron chi connectivity index (χ2n) is 5.50. The van der Waals surface area contributed by atoms with Crippen LogP contribution >= 0.6 is 0 Å². The minimum Gasteiger partial charge on any atom is -0.564 e. The van der Waals surface area contributed by atoms with E-state index in [1.807, 2.05) is 41.5 Å². The summed E-state index contributed by atoms with van der Waals surface area (Å²) in [5, 5.41) is 22.3. The van der Waals surface area contributed by atoms with Crippen molar-refractivity contribution < 1.29 is 4.65 Å². The summed E-state index contributed by atoms with van der Waals surface area (Å²) in [4.78, 5) is 0. The Morgan fingerprint density at radius 2 is 1.65 bits per heavy atom. The number of hydrogen-bond donors (Lipinski definition) is 0. The Kier molecular flexibility index (Phi) is 4.55. The second-order valence-corrected chi connectivity index (χ2v) is 5.50. The number of nitriles is 1. The number of nitrogens with zero attached hydrogens (tertiary/aromatic N) is 5. The highest BCUT2D eigenvalue weighted by atomic mass is 16.4. The molecule has 2 radical (unpaired) electrons. The van der Waals surface area contributed by atoms with Crippen LogP contribution in [-0.2, 0) is 4.65 Å². The molecule has 0 aromatic carbocycles. The van der Waals surface area contributed by atoms with E-state index < -0.39 is 0 Å². The van der Waals surface area contributed by atoms with Gasteiger partial charge < -0.3 is 4.65 Å². The third-order valence-corrected chi connectivity index (χ3v) is 4.28. The van der Waals surface area contributed by atoms with Gasteiger partial charge in [-0.05, 0) is 58.2 Å². The van der Waals surface area contributed by atoms with Crippen LogP contribution in [0.4, 0.5) is 0 Å². The van der Waals surface area contributed by atoms with E-state index in [2.05, 4.69) is 21.4 Å². The summed E-state index contributed by atoms with van der Waals surface area (Å²) < 4.78 is 6.55. The molecule has 0 saturated carbocycles. The van der Waals surface area contributed by atoms with Crippen molar-refractivity contribution in [1.82, 2.24) is 20.0 Å². The topological polar surface area (TPSA) is 76.6 Å². The molecule has 0 N–H and O–H groups in total. The maximum Gasteiger partial charge on any atom is 0.374 e. The first-order valence-corrected chi connectivity index (χ1v) is 7.18. The van der Waals surface area contributed by atoms with E-state index in [0.29, 0.717) is 5.69 Å². The van der Waals surface area contributed by atoms with Crippen LogP contribution in [0.25, 0.3) is 11.5 Å². The molecule has 6 nitrogen and oxygen atoms in total. The first-order chi connectivity index (χ1) is 10.8. The maximum atomic E-state index is 9.63. The Balaban J connectivity index is 2.79. The van der Waals surface area contributed by atoms with Crippen LogP contribution in [-0.4, -0.2) is 28.0 Å². The van der Waals surface area contributed by atoms with Gasteiger partial charge in [-0.2, -0.15) is 15.5 Å². The Labute approximate surface area is 137 Å².